The summed E-state index contributed by atoms with van der Waals surface area (Å²) in [5.74, 6) is 2.59. The molecule has 4 rings (SSSR count). The lowest BCUT2D eigenvalue weighted by Gasteiger charge is -2.11. The number of nitrogens with two attached hydrogens (primary N) is 1. The van der Waals surface area contributed by atoms with Crippen LogP contribution in [-0.4, -0.2) is 26.5 Å². The van der Waals surface area contributed by atoms with E-state index < -0.39 is 0 Å². The maximum absolute atomic E-state index is 13.7. The molecule has 0 amide bonds. The van der Waals surface area contributed by atoms with Crippen molar-refractivity contribution in [2.45, 2.75) is 19.8 Å². The summed E-state index contributed by atoms with van der Waals surface area (Å²) in [6.45, 7) is 2.69. The van der Waals surface area contributed by atoms with Crippen LogP contribution in [0, 0.1) is 18.7 Å². The molecule has 1 aliphatic rings. The van der Waals surface area contributed by atoms with Crippen molar-refractivity contribution in [2.75, 3.05) is 22.9 Å². The molecule has 8 heteroatoms. The minimum atomic E-state index is -0.307. The standard InChI is InChI=1S/C19H20FN7/c1-11-6-13(20)8-14(7-11)24-17-9-16(23-10-12-2-3-12)26-19(27-17)18-22-5-4-15(21)25-18/h4-9,12H,2-3,10H2,1H3,(H2,21,22,25)(H2,23,24,26,27). The zero-order valence-corrected chi connectivity index (χ0v) is 14.9. The maximum Gasteiger partial charge on any atom is 0.201 e. The molecule has 2 aromatic heterocycles. The van der Waals surface area contributed by atoms with Crippen LogP contribution in [0.2, 0.25) is 0 Å². The fraction of sp³-hybridized carbons (Fsp3) is 0.263. The molecule has 1 aliphatic carbocycles. The number of hydrogen-bond acceptors (Lipinski definition) is 7. The minimum absolute atomic E-state index is 0.307. The van der Waals surface area contributed by atoms with Gasteiger partial charge in [-0.05, 0) is 55.5 Å². The molecule has 0 bridgehead atoms. The molecule has 2 heterocycles. The van der Waals surface area contributed by atoms with Crippen molar-refractivity contribution in [2.24, 2.45) is 5.92 Å². The molecule has 0 radical (unpaired) electrons. The Morgan fingerprint density at radius 2 is 1.89 bits per heavy atom. The first kappa shape index (κ1) is 17.1. The molecule has 3 aromatic rings. The van der Waals surface area contributed by atoms with Crippen molar-refractivity contribution >= 4 is 23.1 Å². The lowest BCUT2D eigenvalue weighted by molar-refractivity contribution is 0.627. The van der Waals surface area contributed by atoms with Crippen molar-refractivity contribution in [3.8, 4) is 11.6 Å². The van der Waals surface area contributed by atoms with Gasteiger partial charge in [0.05, 0.1) is 0 Å². The van der Waals surface area contributed by atoms with Crippen molar-refractivity contribution in [3.63, 3.8) is 0 Å². The predicted octanol–water partition coefficient (Wildman–Crippen LogP) is 3.53. The summed E-state index contributed by atoms with van der Waals surface area (Å²) < 4.78 is 13.7. The quantitative estimate of drug-likeness (QED) is 0.614. The molecule has 0 aliphatic heterocycles. The highest BCUT2D eigenvalue weighted by Crippen LogP contribution is 2.29. The number of aryl methyl sites for hydroxylation is 1. The maximum atomic E-state index is 13.7. The topological polar surface area (TPSA) is 102 Å². The number of nitrogen functional groups attached to an aromatic ring is 1. The van der Waals surface area contributed by atoms with Gasteiger partial charge in [-0.2, -0.15) is 0 Å². The summed E-state index contributed by atoms with van der Waals surface area (Å²) >= 11 is 0. The fourth-order valence-electron chi connectivity index (χ4n) is 2.71. The summed E-state index contributed by atoms with van der Waals surface area (Å²) in [4.78, 5) is 17.4. The van der Waals surface area contributed by atoms with Crippen LogP contribution in [-0.2, 0) is 0 Å². The number of halogens is 1. The predicted molar refractivity (Wildman–Crippen MR) is 103 cm³/mol. The third-order valence-electron chi connectivity index (χ3n) is 4.19. The monoisotopic (exact) mass is 365 g/mol. The molecule has 27 heavy (non-hydrogen) atoms. The number of hydrogen-bond donors (Lipinski definition) is 3. The highest BCUT2D eigenvalue weighted by Gasteiger charge is 2.21. The lowest BCUT2D eigenvalue weighted by atomic mass is 10.2. The summed E-state index contributed by atoms with van der Waals surface area (Å²) in [7, 11) is 0. The molecular formula is C19H20FN7. The third-order valence-corrected chi connectivity index (χ3v) is 4.19. The van der Waals surface area contributed by atoms with E-state index in [1.54, 1.807) is 18.3 Å². The summed E-state index contributed by atoms with van der Waals surface area (Å²) in [6.07, 6.45) is 4.03. The molecule has 1 fully saturated rings. The van der Waals surface area contributed by atoms with Gasteiger partial charge in [0.1, 0.15) is 23.3 Å². The van der Waals surface area contributed by atoms with Crippen LogP contribution in [0.3, 0.4) is 0 Å². The van der Waals surface area contributed by atoms with Gasteiger partial charge in [0.2, 0.25) is 5.82 Å². The highest BCUT2D eigenvalue weighted by atomic mass is 19.1. The average Bonchev–Trinajstić information content (AvgIpc) is 3.43. The number of nitrogens with one attached hydrogen (secondary N) is 2. The normalized spacial score (nSPS) is 13.4. The number of aromatic nitrogens is 4. The van der Waals surface area contributed by atoms with E-state index in [-0.39, 0.29) is 5.82 Å². The number of rotatable bonds is 6. The van der Waals surface area contributed by atoms with E-state index in [9.17, 15) is 4.39 Å². The van der Waals surface area contributed by atoms with E-state index in [1.165, 1.54) is 25.0 Å². The van der Waals surface area contributed by atoms with Crippen molar-refractivity contribution < 1.29 is 4.39 Å². The minimum Gasteiger partial charge on any atom is -0.384 e. The van der Waals surface area contributed by atoms with Gasteiger partial charge in [-0.15, -0.1) is 0 Å². The fourth-order valence-corrected chi connectivity index (χ4v) is 2.71. The van der Waals surface area contributed by atoms with Crippen LogP contribution >= 0.6 is 0 Å². The van der Waals surface area contributed by atoms with Crippen LogP contribution in [0.15, 0.2) is 36.5 Å². The van der Waals surface area contributed by atoms with Crippen LogP contribution in [0.5, 0.6) is 0 Å². The number of benzene rings is 1. The van der Waals surface area contributed by atoms with E-state index in [2.05, 4.69) is 30.6 Å². The molecule has 1 saturated carbocycles. The molecule has 0 unspecified atom stereocenters. The van der Waals surface area contributed by atoms with Gasteiger partial charge in [-0.3, -0.25) is 0 Å². The zero-order chi connectivity index (χ0) is 18.8. The number of nitrogens with zero attached hydrogens (tertiary/aromatic N) is 4. The van der Waals surface area contributed by atoms with E-state index in [4.69, 9.17) is 5.73 Å². The van der Waals surface area contributed by atoms with E-state index in [0.717, 1.165) is 12.1 Å². The smallest absolute Gasteiger partial charge is 0.201 e. The highest BCUT2D eigenvalue weighted by molar-refractivity contribution is 5.63. The molecule has 0 saturated heterocycles. The Morgan fingerprint density at radius 1 is 1.07 bits per heavy atom. The van der Waals surface area contributed by atoms with Crippen molar-refractivity contribution in [1.82, 2.24) is 19.9 Å². The van der Waals surface area contributed by atoms with Crippen LogP contribution < -0.4 is 16.4 Å². The average molecular weight is 365 g/mol. The Morgan fingerprint density at radius 3 is 2.63 bits per heavy atom. The second kappa shape index (κ2) is 7.14. The van der Waals surface area contributed by atoms with Gasteiger partial charge >= 0.3 is 0 Å². The van der Waals surface area contributed by atoms with Gasteiger partial charge in [0.25, 0.3) is 0 Å². The first-order chi connectivity index (χ1) is 13.0. The van der Waals surface area contributed by atoms with Crippen LogP contribution in [0.4, 0.5) is 27.5 Å². The van der Waals surface area contributed by atoms with Gasteiger partial charge in [-0.25, -0.2) is 24.3 Å². The Kier molecular flexibility index (Phi) is 4.53. The Balaban J connectivity index is 1.68. The second-order valence-corrected chi connectivity index (χ2v) is 6.73. The molecule has 138 valence electrons. The SMILES string of the molecule is Cc1cc(F)cc(Nc2cc(NCC3CC3)nc(-c3nccc(N)n3)n2)c1. The van der Waals surface area contributed by atoms with Crippen molar-refractivity contribution in [3.05, 3.63) is 47.9 Å². The largest absolute Gasteiger partial charge is 0.384 e. The van der Waals surface area contributed by atoms with Gasteiger partial charge in [0.15, 0.2) is 5.82 Å². The molecular weight excluding hydrogens is 345 g/mol. The second-order valence-electron chi connectivity index (χ2n) is 6.73. The lowest BCUT2D eigenvalue weighted by Crippen LogP contribution is -2.08. The zero-order valence-electron chi connectivity index (χ0n) is 14.9. The number of anilines is 4. The van der Waals surface area contributed by atoms with Gasteiger partial charge < -0.3 is 16.4 Å². The molecule has 7 nitrogen and oxygen atoms in total. The first-order valence-corrected chi connectivity index (χ1v) is 8.81. The molecule has 4 N–H and O–H groups in total. The summed E-state index contributed by atoms with van der Waals surface area (Å²) in [6, 6.07) is 8.13. The van der Waals surface area contributed by atoms with Crippen molar-refractivity contribution in [1.29, 1.82) is 0 Å². The Hall–Kier alpha value is -3.29. The Labute approximate surface area is 156 Å². The summed E-state index contributed by atoms with van der Waals surface area (Å²) in [5, 5.41) is 6.46. The Bertz CT molecular complexity index is 952. The van der Waals surface area contributed by atoms with E-state index >= 15 is 0 Å². The van der Waals surface area contributed by atoms with E-state index in [1.807, 2.05) is 13.0 Å². The van der Waals surface area contributed by atoms with Gasteiger partial charge in [-0.1, -0.05) is 0 Å². The van der Waals surface area contributed by atoms with Crippen LogP contribution in [0.1, 0.15) is 18.4 Å². The van der Waals surface area contributed by atoms with Crippen LogP contribution in [0.25, 0.3) is 11.6 Å². The van der Waals surface area contributed by atoms with Gasteiger partial charge in [0, 0.05) is 24.5 Å². The van der Waals surface area contributed by atoms with E-state index in [0.29, 0.717) is 40.7 Å². The first-order valence-electron chi connectivity index (χ1n) is 8.81. The molecule has 0 atom stereocenters. The summed E-state index contributed by atoms with van der Waals surface area (Å²) in [5.41, 5.74) is 7.18. The third kappa shape index (κ3) is 4.46. The molecule has 1 aromatic carbocycles. The molecule has 0 spiro atoms.